The summed E-state index contributed by atoms with van der Waals surface area (Å²) in [7, 11) is 0.848. The van der Waals surface area contributed by atoms with Gasteiger partial charge in [0.05, 0.1) is 0 Å². The van der Waals surface area contributed by atoms with Crippen LogP contribution in [0.5, 0.6) is 0 Å². The molecule has 0 bridgehead atoms. The monoisotopic (exact) mass is 252 g/mol. The van der Waals surface area contributed by atoms with Crippen molar-refractivity contribution in [1.82, 2.24) is 0 Å². The first-order valence-electron chi connectivity index (χ1n) is 2.85. The van der Waals surface area contributed by atoms with E-state index in [4.69, 9.17) is 4.43 Å². The molecule has 0 aliphatic heterocycles. The Morgan fingerprint density at radius 1 is 1.56 bits per heavy atom. The summed E-state index contributed by atoms with van der Waals surface area (Å²) in [5, 5.41) is 0. The standard InChI is InChI=1S/C4H12OSi.C2H3.Sn.H/c1-4(2,3)5-6;1-2;;/h1-3,6H3;1H,2H2;;. The van der Waals surface area contributed by atoms with E-state index in [9.17, 15) is 0 Å². The molecule has 0 aromatic carbocycles. The minimum absolute atomic E-state index is 0.103. The Labute approximate surface area is 74.5 Å². The smallest absolute Gasteiger partial charge is 0.146 e. The zero-order chi connectivity index (χ0) is 7.91. The molecule has 0 N–H and O–H groups in total. The second-order valence-electron chi connectivity index (χ2n) is 2.55. The quantitative estimate of drug-likeness (QED) is 0.555. The molecular formula is C6H16OSiSn. The molecule has 9 heavy (non-hydrogen) atoms. The topological polar surface area (TPSA) is 9.23 Å². The Morgan fingerprint density at radius 2 is 1.67 bits per heavy atom. The van der Waals surface area contributed by atoms with Gasteiger partial charge in [-0.2, -0.15) is 0 Å². The summed E-state index contributed by atoms with van der Waals surface area (Å²) in [5.41, 5.74) is 0.103. The zero-order valence-corrected chi connectivity index (χ0v) is 12.1. The van der Waals surface area contributed by atoms with Gasteiger partial charge >= 0.3 is 33.2 Å². The Morgan fingerprint density at radius 3 is 1.67 bits per heavy atom. The third-order valence-electron chi connectivity index (χ3n) is 0.612. The van der Waals surface area contributed by atoms with Crippen LogP contribution in [0.3, 0.4) is 0 Å². The molecule has 0 aromatic rings. The summed E-state index contributed by atoms with van der Waals surface area (Å²) in [6, 6.07) is 0. The van der Waals surface area contributed by atoms with Crippen molar-refractivity contribution in [2.45, 2.75) is 26.4 Å². The van der Waals surface area contributed by atoms with Gasteiger partial charge in [0.1, 0.15) is 10.5 Å². The molecule has 0 unspecified atom stereocenters. The van der Waals surface area contributed by atoms with Gasteiger partial charge in [-0.15, -0.1) is 0 Å². The van der Waals surface area contributed by atoms with Crippen molar-refractivity contribution >= 4 is 33.0 Å². The Hall–Kier alpha value is 0.716. The summed E-state index contributed by atoms with van der Waals surface area (Å²) >= 11 is 1.18. The molecule has 0 saturated heterocycles. The fourth-order valence-corrected chi connectivity index (χ4v) is 0. The number of hydrogen-bond donors (Lipinski definition) is 0. The van der Waals surface area contributed by atoms with Crippen molar-refractivity contribution in [3.8, 4) is 0 Å². The van der Waals surface area contributed by atoms with E-state index < -0.39 is 0 Å². The van der Waals surface area contributed by atoms with Crippen LogP contribution in [0.15, 0.2) is 10.7 Å². The third kappa shape index (κ3) is 28.5. The molecule has 54 valence electrons. The molecule has 0 aliphatic rings. The summed E-state index contributed by atoms with van der Waals surface area (Å²) in [4.78, 5) is 0. The first-order valence-corrected chi connectivity index (χ1v) is 5.57. The summed E-state index contributed by atoms with van der Waals surface area (Å²) in [5.74, 6) is 0. The normalized spacial score (nSPS) is 9.78. The van der Waals surface area contributed by atoms with Crippen LogP contribution < -0.4 is 0 Å². The van der Waals surface area contributed by atoms with Gasteiger partial charge in [-0.1, -0.05) is 0 Å². The van der Waals surface area contributed by atoms with Gasteiger partial charge in [0.25, 0.3) is 0 Å². The van der Waals surface area contributed by atoms with Gasteiger partial charge < -0.3 is 4.43 Å². The summed E-state index contributed by atoms with van der Waals surface area (Å²) in [6.07, 6.45) is 0. The molecular weight excluding hydrogens is 235 g/mol. The largest absolute Gasteiger partial charge is 0.423 e. The van der Waals surface area contributed by atoms with Crippen LogP contribution in [-0.2, 0) is 4.43 Å². The first-order chi connectivity index (χ1) is 3.97. The molecule has 2 radical (unpaired) electrons. The van der Waals surface area contributed by atoms with E-state index in [1.54, 1.807) is 0 Å². The maximum absolute atomic E-state index is 5.08. The van der Waals surface area contributed by atoms with Gasteiger partial charge in [-0.25, -0.2) is 0 Å². The van der Waals surface area contributed by atoms with Crippen molar-refractivity contribution in [3.63, 3.8) is 0 Å². The molecule has 0 atom stereocenters. The van der Waals surface area contributed by atoms with E-state index in [0.29, 0.717) is 0 Å². The fourth-order valence-electron chi connectivity index (χ4n) is 0. The predicted octanol–water partition coefficient (Wildman–Crippen LogP) is 0.113. The second-order valence-corrected chi connectivity index (χ2v) is 4.31. The zero-order valence-electron chi connectivity index (χ0n) is 6.77. The molecule has 0 saturated carbocycles. The summed E-state index contributed by atoms with van der Waals surface area (Å²) < 4.78 is 6.96. The number of hydrogen-bond acceptors (Lipinski definition) is 1. The molecule has 1 nitrogen and oxygen atoms in total. The minimum Gasteiger partial charge on any atom is -0.423 e. The maximum Gasteiger partial charge on any atom is 0.146 e. The Kier molecular flexibility index (Phi) is 9.41. The average molecular weight is 251 g/mol. The Bertz CT molecular complexity index is 67.9. The second kappa shape index (κ2) is 6.83. The van der Waals surface area contributed by atoms with Gasteiger partial charge in [0.2, 0.25) is 0 Å². The predicted molar refractivity (Wildman–Crippen MR) is 48.1 cm³/mol. The molecule has 0 amide bonds. The van der Waals surface area contributed by atoms with Crippen LogP contribution in [-0.4, -0.2) is 38.6 Å². The SMILES string of the molecule is C=[CH][SnH].CC(C)(C)O[SiH3]. The molecule has 3 heteroatoms. The number of rotatable bonds is 0. The third-order valence-corrected chi connectivity index (χ3v) is 1.84. The van der Waals surface area contributed by atoms with Gasteiger partial charge in [-0.05, 0) is 20.8 Å². The fraction of sp³-hybridized carbons (Fsp3) is 0.667. The molecule has 0 aromatic heterocycles. The van der Waals surface area contributed by atoms with E-state index in [1.807, 2.05) is 4.09 Å². The van der Waals surface area contributed by atoms with Crippen LogP contribution in [0.25, 0.3) is 0 Å². The van der Waals surface area contributed by atoms with Gasteiger partial charge in [0.15, 0.2) is 0 Å². The summed E-state index contributed by atoms with van der Waals surface area (Å²) in [6.45, 7) is 9.59. The van der Waals surface area contributed by atoms with Crippen LogP contribution in [0.4, 0.5) is 0 Å². The van der Waals surface area contributed by atoms with Crippen molar-refractivity contribution in [2.75, 3.05) is 0 Å². The molecule has 0 fully saturated rings. The first kappa shape index (κ1) is 12.4. The molecule has 0 spiro atoms. The molecule has 0 aliphatic carbocycles. The van der Waals surface area contributed by atoms with Gasteiger partial charge in [0, 0.05) is 5.60 Å². The maximum atomic E-state index is 5.08. The van der Waals surface area contributed by atoms with E-state index in [2.05, 4.69) is 27.4 Å². The van der Waals surface area contributed by atoms with Crippen molar-refractivity contribution in [2.24, 2.45) is 0 Å². The van der Waals surface area contributed by atoms with Gasteiger partial charge in [-0.3, -0.25) is 0 Å². The van der Waals surface area contributed by atoms with Crippen molar-refractivity contribution in [1.29, 1.82) is 0 Å². The minimum atomic E-state index is 0.103. The molecule has 0 heterocycles. The van der Waals surface area contributed by atoms with E-state index in [1.165, 1.54) is 22.5 Å². The van der Waals surface area contributed by atoms with E-state index in [-0.39, 0.29) is 5.60 Å². The van der Waals surface area contributed by atoms with Crippen molar-refractivity contribution in [3.05, 3.63) is 10.7 Å². The van der Waals surface area contributed by atoms with Crippen LogP contribution in [0.2, 0.25) is 0 Å². The van der Waals surface area contributed by atoms with E-state index in [0.717, 1.165) is 10.5 Å². The van der Waals surface area contributed by atoms with Crippen LogP contribution in [0, 0.1) is 0 Å². The average Bonchev–Trinajstić information content (AvgIpc) is 1.67. The van der Waals surface area contributed by atoms with Crippen LogP contribution in [0.1, 0.15) is 20.8 Å². The molecule has 0 rings (SSSR count). The van der Waals surface area contributed by atoms with Crippen LogP contribution >= 0.6 is 0 Å². The van der Waals surface area contributed by atoms with E-state index >= 15 is 0 Å². The van der Waals surface area contributed by atoms with Crippen molar-refractivity contribution < 1.29 is 4.43 Å². The Balaban J connectivity index is 0.